The smallest absolute Gasteiger partial charge is 0.165 e. The molecule has 0 aliphatic carbocycles. The van der Waals surface area contributed by atoms with Crippen LogP contribution in [0.4, 0.5) is 0 Å². The average molecular weight is 333 g/mol. The molecule has 0 fully saturated rings. The quantitative estimate of drug-likeness (QED) is 0.733. The summed E-state index contributed by atoms with van der Waals surface area (Å²) >= 11 is 0. The van der Waals surface area contributed by atoms with E-state index in [-0.39, 0.29) is 17.8 Å². The second-order valence-corrected chi connectivity index (χ2v) is 7.29. The first kappa shape index (κ1) is 17.2. The third-order valence-corrected chi connectivity index (χ3v) is 4.32. The van der Waals surface area contributed by atoms with Gasteiger partial charge in [0.05, 0.1) is 11.6 Å². The summed E-state index contributed by atoms with van der Waals surface area (Å²) in [7, 11) is 0. The van der Waals surface area contributed by atoms with E-state index < -0.39 is 5.41 Å². The number of rotatable bonds is 4. The molecule has 0 N–H and O–H groups in total. The van der Waals surface area contributed by atoms with Crippen molar-refractivity contribution >= 4 is 11.5 Å². The molecule has 3 heteroatoms. The number of carbonyl (C=O) groups excluding carboxylic acids is 1. The zero-order valence-electron chi connectivity index (χ0n) is 14.8. The lowest BCUT2D eigenvalue weighted by Crippen LogP contribution is -2.18. The average Bonchev–Trinajstić information content (AvgIpc) is 3.04. The molecule has 1 aliphatic rings. The van der Waals surface area contributed by atoms with E-state index >= 15 is 0 Å². The predicted octanol–water partition coefficient (Wildman–Crippen LogP) is 5.07. The van der Waals surface area contributed by atoms with Crippen LogP contribution in [-0.4, -0.2) is 11.5 Å². The first-order valence-corrected chi connectivity index (χ1v) is 8.53. The maximum Gasteiger partial charge on any atom is 0.165 e. The molecule has 0 amide bonds. The largest absolute Gasteiger partial charge is 0.386 e. The van der Waals surface area contributed by atoms with Gasteiger partial charge in [-0.05, 0) is 23.3 Å². The fourth-order valence-electron chi connectivity index (χ4n) is 2.84. The summed E-state index contributed by atoms with van der Waals surface area (Å²) in [6.07, 6.45) is 3.23. The zero-order chi connectivity index (χ0) is 17.9. The van der Waals surface area contributed by atoms with Crippen LogP contribution in [0.3, 0.4) is 0 Å². The van der Waals surface area contributed by atoms with Crippen LogP contribution in [0.25, 0.3) is 0 Å². The lowest BCUT2D eigenvalue weighted by Gasteiger charge is -2.19. The Hall–Kier alpha value is -2.68. The monoisotopic (exact) mass is 333 g/mol. The Morgan fingerprint density at radius 3 is 2.08 bits per heavy atom. The number of allylic oxidation sites excluding steroid dienone is 2. The maximum atomic E-state index is 12.2. The van der Waals surface area contributed by atoms with Gasteiger partial charge in [0.1, 0.15) is 0 Å². The highest BCUT2D eigenvalue weighted by molar-refractivity contribution is 6.06. The van der Waals surface area contributed by atoms with Gasteiger partial charge in [-0.1, -0.05) is 86.6 Å². The van der Waals surface area contributed by atoms with E-state index in [0.717, 1.165) is 16.8 Å². The van der Waals surface area contributed by atoms with Crippen LogP contribution in [0.2, 0.25) is 0 Å². The second kappa shape index (κ2) is 7.06. The van der Waals surface area contributed by atoms with Gasteiger partial charge >= 0.3 is 0 Å². The fourth-order valence-corrected chi connectivity index (χ4v) is 2.84. The van der Waals surface area contributed by atoms with Crippen molar-refractivity contribution in [1.29, 1.82) is 0 Å². The Balaban J connectivity index is 1.93. The highest BCUT2D eigenvalue weighted by atomic mass is 16.6. The van der Waals surface area contributed by atoms with E-state index in [1.165, 1.54) is 0 Å². The zero-order valence-corrected chi connectivity index (χ0v) is 14.8. The standard InChI is InChI=1S/C22H23NO2/c1-22(2,3)19(24)15-14-18-20(16-10-6-4-7-11-16)21(25-23-18)17-12-8-5-9-13-17/h4-15,20-21H,1-3H3/b15-14+/t20-,21+/m0/s1. The Kier molecular flexibility index (Phi) is 4.84. The lowest BCUT2D eigenvalue weighted by atomic mass is 9.85. The Labute approximate surface area is 149 Å². The van der Waals surface area contributed by atoms with Crippen LogP contribution >= 0.6 is 0 Å². The van der Waals surface area contributed by atoms with Gasteiger partial charge in [0.15, 0.2) is 11.9 Å². The first-order valence-electron chi connectivity index (χ1n) is 8.53. The minimum atomic E-state index is -0.405. The molecule has 2 atom stereocenters. The second-order valence-electron chi connectivity index (χ2n) is 7.29. The van der Waals surface area contributed by atoms with Gasteiger partial charge in [-0.15, -0.1) is 0 Å². The van der Waals surface area contributed by atoms with Crippen LogP contribution in [0, 0.1) is 5.41 Å². The summed E-state index contributed by atoms with van der Waals surface area (Å²) in [6.45, 7) is 5.73. The van der Waals surface area contributed by atoms with E-state index in [4.69, 9.17) is 4.84 Å². The van der Waals surface area contributed by atoms with Crippen molar-refractivity contribution in [3.63, 3.8) is 0 Å². The third kappa shape index (κ3) is 3.87. The first-order chi connectivity index (χ1) is 12.0. The third-order valence-electron chi connectivity index (χ3n) is 4.32. The molecule has 0 saturated heterocycles. The summed E-state index contributed by atoms with van der Waals surface area (Å²) in [6, 6.07) is 20.2. The van der Waals surface area contributed by atoms with Crippen molar-refractivity contribution in [1.82, 2.24) is 0 Å². The normalized spacial score (nSPS) is 20.4. The summed E-state index contributed by atoms with van der Waals surface area (Å²) in [4.78, 5) is 18.0. The molecule has 25 heavy (non-hydrogen) atoms. The highest BCUT2D eigenvalue weighted by Gasteiger charge is 2.35. The Morgan fingerprint density at radius 1 is 0.960 bits per heavy atom. The van der Waals surface area contributed by atoms with E-state index in [1.54, 1.807) is 12.2 Å². The van der Waals surface area contributed by atoms with Crippen molar-refractivity contribution in [3.05, 3.63) is 83.9 Å². The summed E-state index contributed by atoms with van der Waals surface area (Å²) in [5.41, 5.74) is 2.57. The Bertz CT molecular complexity index is 786. The molecule has 0 saturated carbocycles. The van der Waals surface area contributed by atoms with Crippen molar-refractivity contribution in [2.45, 2.75) is 32.8 Å². The molecule has 0 bridgehead atoms. The summed E-state index contributed by atoms with van der Waals surface area (Å²) in [5.74, 6) is 0.0396. The van der Waals surface area contributed by atoms with Gasteiger partial charge in [-0.25, -0.2) is 0 Å². The summed E-state index contributed by atoms with van der Waals surface area (Å²) in [5, 5.41) is 4.28. The molecule has 2 aromatic rings. The minimum Gasteiger partial charge on any atom is -0.386 e. The van der Waals surface area contributed by atoms with Gasteiger partial charge in [-0.2, -0.15) is 0 Å². The van der Waals surface area contributed by atoms with Crippen LogP contribution in [0.5, 0.6) is 0 Å². The molecule has 0 radical (unpaired) electrons. The number of hydrogen-bond acceptors (Lipinski definition) is 3. The number of carbonyl (C=O) groups is 1. The molecule has 2 aromatic carbocycles. The van der Waals surface area contributed by atoms with Gasteiger partial charge < -0.3 is 4.84 Å². The van der Waals surface area contributed by atoms with Gasteiger partial charge in [0, 0.05) is 5.41 Å². The summed E-state index contributed by atoms with van der Waals surface area (Å²) < 4.78 is 0. The highest BCUT2D eigenvalue weighted by Crippen LogP contribution is 2.40. The van der Waals surface area contributed by atoms with Crippen molar-refractivity contribution in [2.24, 2.45) is 10.6 Å². The Morgan fingerprint density at radius 2 is 1.52 bits per heavy atom. The number of ketones is 1. The molecular weight excluding hydrogens is 310 g/mol. The van der Waals surface area contributed by atoms with Crippen LogP contribution in [0.15, 0.2) is 78.0 Å². The molecule has 3 rings (SSSR count). The van der Waals surface area contributed by atoms with Crippen LogP contribution in [0.1, 0.15) is 43.9 Å². The van der Waals surface area contributed by atoms with E-state index in [2.05, 4.69) is 17.3 Å². The molecule has 0 unspecified atom stereocenters. The molecule has 0 aromatic heterocycles. The molecule has 0 spiro atoms. The van der Waals surface area contributed by atoms with Gasteiger partial charge in [0.2, 0.25) is 0 Å². The molecular formula is C22H23NO2. The molecule has 1 aliphatic heterocycles. The van der Waals surface area contributed by atoms with Crippen LogP contribution < -0.4 is 0 Å². The van der Waals surface area contributed by atoms with Gasteiger partial charge in [0.25, 0.3) is 0 Å². The fraction of sp³-hybridized carbons (Fsp3) is 0.273. The number of oxime groups is 1. The number of hydrogen-bond donors (Lipinski definition) is 0. The molecule has 3 nitrogen and oxygen atoms in total. The number of benzene rings is 2. The lowest BCUT2D eigenvalue weighted by molar-refractivity contribution is -0.121. The number of nitrogens with zero attached hydrogens (tertiary/aromatic N) is 1. The van der Waals surface area contributed by atoms with E-state index in [0.29, 0.717) is 0 Å². The molecule has 1 heterocycles. The molecule has 128 valence electrons. The van der Waals surface area contributed by atoms with Crippen molar-refractivity contribution < 1.29 is 9.63 Å². The van der Waals surface area contributed by atoms with E-state index in [1.807, 2.05) is 69.3 Å². The van der Waals surface area contributed by atoms with E-state index in [9.17, 15) is 4.79 Å². The minimum absolute atomic E-state index is 0.0346. The predicted molar refractivity (Wildman–Crippen MR) is 100 cm³/mol. The maximum absolute atomic E-state index is 12.2. The van der Waals surface area contributed by atoms with Gasteiger partial charge in [-0.3, -0.25) is 4.79 Å². The van der Waals surface area contributed by atoms with Crippen LogP contribution in [-0.2, 0) is 9.63 Å². The van der Waals surface area contributed by atoms with Crippen molar-refractivity contribution in [2.75, 3.05) is 0 Å². The SMILES string of the molecule is CC(C)(C)C(=O)/C=C/C1=NO[C@H](c2ccccc2)[C@H]1c1ccccc1. The van der Waals surface area contributed by atoms with Crippen molar-refractivity contribution in [3.8, 4) is 0 Å². The topological polar surface area (TPSA) is 38.7 Å².